The van der Waals surface area contributed by atoms with Crippen LogP contribution in [0.1, 0.15) is 10.4 Å². The van der Waals surface area contributed by atoms with Gasteiger partial charge in [-0.25, -0.2) is 14.4 Å². The van der Waals surface area contributed by atoms with Crippen LogP contribution in [0.2, 0.25) is 10.2 Å². The van der Waals surface area contributed by atoms with Crippen molar-refractivity contribution in [3.05, 3.63) is 52.1 Å². The van der Waals surface area contributed by atoms with E-state index in [2.05, 4.69) is 15.3 Å². The molecule has 92 valence electrons. The fourth-order valence-corrected chi connectivity index (χ4v) is 1.62. The molecule has 1 aromatic heterocycles. The Hall–Kier alpha value is -1.72. The van der Waals surface area contributed by atoms with Gasteiger partial charge in [0.2, 0.25) is 0 Å². The van der Waals surface area contributed by atoms with Gasteiger partial charge >= 0.3 is 0 Å². The van der Waals surface area contributed by atoms with Crippen LogP contribution in [0, 0.1) is 5.82 Å². The van der Waals surface area contributed by atoms with Gasteiger partial charge in [0.1, 0.15) is 5.82 Å². The minimum absolute atomic E-state index is 0.00149. The predicted molar refractivity (Wildman–Crippen MR) is 66.4 cm³/mol. The molecule has 0 unspecified atom stereocenters. The molecule has 1 aromatic carbocycles. The Bertz CT molecular complexity index is 607. The lowest BCUT2D eigenvalue weighted by molar-refractivity contribution is 0.102. The Morgan fingerprint density at radius 1 is 1.22 bits per heavy atom. The zero-order chi connectivity index (χ0) is 13.1. The van der Waals surface area contributed by atoms with Crippen molar-refractivity contribution in [1.82, 2.24) is 9.97 Å². The van der Waals surface area contributed by atoms with Crippen molar-refractivity contribution in [3.8, 4) is 0 Å². The molecular weight excluding hydrogens is 280 g/mol. The van der Waals surface area contributed by atoms with E-state index in [0.29, 0.717) is 0 Å². The third kappa shape index (κ3) is 2.57. The van der Waals surface area contributed by atoms with Gasteiger partial charge in [-0.3, -0.25) is 4.79 Å². The Kier molecular flexibility index (Phi) is 3.74. The minimum Gasteiger partial charge on any atom is -0.304 e. The van der Waals surface area contributed by atoms with Gasteiger partial charge < -0.3 is 5.32 Å². The number of aromatic nitrogens is 2. The number of amides is 1. The average molecular weight is 286 g/mol. The lowest BCUT2D eigenvalue weighted by Crippen LogP contribution is -2.14. The first-order chi connectivity index (χ1) is 8.59. The monoisotopic (exact) mass is 285 g/mol. The van der Waals surface area contributed by atoms with Gasteiger partial charge in [0, 0.05) is 12.4 Å². The molecule has 0 fully saturated rings. The molecule has 0 bridgehead atoms. The maximum absolute atomic E-state index is 13.2. The van der Waals surface area contributed by atoms with Gasteiger partial charge in [0.25, 0.3) is 5.91 Å². The molecule has 2 aromatic rings. The largest absolute Gasteiger partial charge is 0.304 e. The molecule has 0 aliphatic heterocycles. The average Bonchev–Trinajstić information content (AvgIpc) is 2.35. The van der Waals surface area contributed by atoms with E-state index in [0.717, 1.165) is 6.07 Å². The summed E-state index contributed by atoms with van der Waals surface area (Å²) in [4.78, 5) is 19.4. The molecule has 0 radical (unpaired) electrons. The van der Waals surface area contributed by atoms with E-state index in [1.807, 2.05) is 0 Å². The fourth-order valence-electron chi connectivity index (χ4n) is 1.26. The highest BCUT2D eigenvalue weighted by Crippen LogP contribution is 2.21. The van der Waals surface area contributed by atoms with E-state index in [9.17, 15) is 9.18 Å². The summed E-state index contributed by atoms with van der Waals surface area (Å²) >= 11 is 11.4. The van der Waals surface area contributed by atoms with Gasteiger partial charge in [-0.2, -0.15) is 0 Å². The van der Waals surface area contributed by atoms with Crippen LogP contribution in [0.3, 0.4) is 0 Å². The second kappa shape index (κ2) is 5.29. The van der Waals surface area contributed by atoms with Crippen LogP contribution in [0.5, 0.6) is 0 Å². The number of nitrogens with zero attached hydrogens (tertiary/aromatic N) is 2. The smallest absolute Gasteiger partial charge is 0.258 e. The first kappa shape index (κ1) is 12.7. The first-order valence-electron chi connectivity index (χ1n) is 4.81. The third-order valence-electron chi connectivity index (χ3n) is 2.08. The Morgan fingerprint density at radius 3 is 2.67 bits per heavy atom. The van der Waals surface area contributed by atoms with Gasteiger partial charge in [0.05, 0.1) is 10.6 Å². The molecule has 0 saturated carbocycles. The quantitative estimate of drug-likeness (QED) is 0.922. The summed E-state index contributed by atoms with van der Waals surface area (Å²) in [6.45, 7) is 0. The second-order valence-electron chi connectivity index (χ2n) is 3.25. The molecule has 7 heteroatoms. The van der Waals surface area contributed by atoms with Crippen LogP contribution in [-0.4, -0.2) is 15.9 Å². The number of rotatable bonds is 2. The number of carbonyl (C=O) groups is 1. The van der Waals surface area contributed by atoms with Crippen molar-refractivity contribution in [2.45, 2.75) is 0 Å². The molecular formula is C11H6Cl2FN3O. The molecule has 18 heavy (non-hydrogen) atoms. The van der Waals surface area contributed by atoms with Crippen molar-refractivity contribution in [2.24, 2.45) is 0 Å². The van der Waals surface area contributed by atoms with Crippen LogP contribution in [-0.2, 0) is 0 Å². The molecule has 0 aliphatic carbocycles. The lowest BCUT2D eigenvalue weighted by Gasteiger charge is -2.06. The van der Waals surface area contributed by atoms with Crippen molar-refractivity contribution in [3.63, 3.8) is 0 Å². The maximum Gasteiger partial charge on any atom is 0.258 e. The van der Waals surface area contributed by atoms with E-state index in [-0.39, 0.29) is 21.6 Å². The van der Waals surface area contributed by atoms with Crippen LogP contribution < -0.4 is 5.32 Å². The van der Waals surface area contributed by atoms with Crippen LogP contribution in [0.25, 0.3) is 0 Å². The summed E-state index contributed by atoms with van der Waals surface area (Å²) in [6, 6.07) is 3.94. The molecule has 1 amide bonds. The molecule has 0 saturated heterocycles. The topological polar surface area (TPSA) is 54.9 Å². The molecule has 0 atom stereocenters. The molecule has 1 heterocycles. The van der Waals surface area contributed by atoms with Crippen molar-refractivity contribution >= 4 is 34.9 Å². The summed E-state index contributed by atoms with van der Waals surface area (Å²) in [5.74, 6) is -1.19. The first-order valence-corrected chi connectivity index (χ1v) is 5.57. The highest BCUT2D eigenvalue weighted by Gasteiger charge is 2.15. The Balaban J connectivity index is 2.28. The van der Waals surface area contributed by atoms with Gasteiger partial charge in [-0.15, -0.1) is 0 Å². The number of anilines is 1. The number of hydrogen-bond acceptors (Lipinski definition) is 3. The van der Waals surface area contributed by atoms with Gasteiger partial charge in [0.15, 0.2) is 11.0 Å². The van der Waals surface area contributed by atoms with E-state index < -0.39 is 11.7 Å². The highest BCUT2D eigenvalue weighted by atomic mass is 35.5. The zero-order valence-electron chi connectivity index (χ0n) is 8.82. The zero-order valence-corrected chi connectivity index (χ0v) is 10.3. The van der Waals surface area contributed by atoms with Gasteiger partial charge in [-0.1, -0.05) is 29.3 Å². The fraction of sp³-hybridized carbons (Fsp3) is 0. The van der Waals surface area contributed by atoms with E-state index in [4.69, 9.17) is 23.2 Å². The summed E-state index contributed by atoms with van der Waals surface area (Å²) in [7, 11) is 0. The lowest BCUT2D eigenvalue weighted by atomic mass is 10.2. The second-order valence-corrected chi connectivity index (χ2v) is 3.99. The summed E-state index contributed by atoms with van der Waals surface area (Å²) < 4.78 is 13.2. The summed E-state index contributed by atoms with van der Waals surface area (Å²) in [5.41, 5.74) is -0.00149. The Labute approximate surface area is 112 Å². The molecule has 1 N–H and O–H groups in total. The SMILES string of the molecule is O=C(Nc1nccnc1Cl)c1cccc(F)c1Cl. The van der Waals surface area contributed by atoms with Gasteiger partial charge in [-0.05, 0) is 12.1 Å². The van der Waals surface area contributed by atoms with E-state index in [1.165, 1.54) is 24.5 Å². The highest BCUT2D eigenvalue weighted by molar-refractivity contribution is 6.35. The van der Waals surface area contributed by atoms with Crippen LogP contribution >= 0.6 is 23.2 Å². The van der Waals surface area contributed by atoms with E-state index in [1.54, 1.807) is 0 Å². The Morgan fingerprint density at radius 2 is 1.94 bits per heavy atom. The predicted octanol–water partition coefficient (Wildman–Crippen LogP) is 3.17. The molecule has 4 nitrogen and oxygen atoms in total. The van der Waals surface area contributed by atoms with Crippen LogP contribution in [0.4, 0.5) is 10.2 Å². The summed E-state index contributed by atoms with van der Waals surface area (Å²) in [6.07, 6.45) is 2.75. The number of carbonyl (C=O) groups excluding carboxylic acids is 1. The van der Waals surface area contributed by atoms with Crippen LogP contribution in [0.15, 0.2) is 30.6 Å². The van der Waals surface area contributed by atoms with Crippen molar-refractivity contribution < 1.29 is 9.18 Å². The number of hydrogen-bond donors (Lipinski definition) is 1. The normalized spacial score (nSPS) is 10.2. The van der Waals surface area contributed by atoms with E-state index >= 15 is 0 Å². The third-order valence-corrected chi connectivity index (χ3v) is 2.74. The molecule has 0 aliphatic rings. The molecule has 0 spiro atoms. The minimum atomic E-state index is -0.672. The van der Waals surface area contributed by atoms with Crippen molar-refractivity contribution in [1.29, 1.82) is 0 Å². The maximum atomic E-state index is 13.2. The summed E-state index contributed by atoms with van der Waals surface area (Å²) in [5, 5.41) is 2.18. The standard InChI is InChI=1S/C11H6Cl2FN3O/c12-8-6(2-1-3-7(8)14)11(18)17-10-9(13)15-4-5-16-10/h1-5H,(H,16,17,18). The number of benzene rings is 1. The molecule has 2 rings (SSSR count). The van der Waals surface area contributed by atoms with Crippen molar-refractivity contribution in [2.75, 3.05) is 5.32 Å². The number of nitrogens with one attached hydrogen (secondary N) is 1. The number of halogens is 3.